The van der Waals surface area contributed by atoms with Crippen molar-refractivity contribution in [2.45, 2.75) is 32.4 Å². The minimum atomic E-state index is -0.486. The molecule has 0 radical (unpaired) electrons. The lowest BCUT2D eigenvalue weighted by Crippen LogP contribution is -2.52. The molecule has 1 saturated heterocycles. The number of likely N-dealkylation sites (tertiary alicyclic amines) is 1. The number of hydrogen-bond acceptors (Lipinski definition) is 4. The topological polar surface area (TPSA) is 71.2 Å². The maximum absolute atomic E-state index is 12.0. The summed E-state index contributed by atoms with van der Waals surface area (Å²) in [5, 5.41) is 13.5. The third kappa shape index (κ3) is 4.02. The van der Waals surface area contributed by atoms with Crippen LogP contribution < -0.4 is 0 Å². The molecule has 0 bridgehead atoms. The van der Waals surface area contributed by atoms with E-state index in [0.29, 0.717) is 18.7 Å². The summed E-state index contributed by atoms with van der Waals surface area (Å²) >= 11 is 3.42. The Morgan fingerprint density at radius 2 is 2.04 bits per heavy atom. The van der Waals surface area contributed by atoms with Crippen molar-refractivity contribution in [1.29, 1.82) is 5.26 Å². The molecule has 7 heteroatoms. The molecular weight excluding hydrogens is 384 g/mol. The first kappa shape index (κ1) is 17.5. The summed E-state index contributed by atoms with van der Waals surface area (Å²) in [5.74, 6) is 0. The van der Waals surface area contributed by atoms with Crippen LogP contribution in [-0.2, 0) is 4.74 Å². The zero-order chi connectivity index (χ0) is 18.2. The second-order valence-electron chi connectivity index (χ2n) is 7.09. The molecule has 1 aromatic heterocycles. The minimum absolute atomic E-state index is 0.142. The van der Waals surface area contributed by atoms with Crippen LogP contribution in [0.25, 0.3) is 11.1 Å². The number of hydrogen-bond donors (Lipinski definition) is 0. The molecule has 2 heterocycles. The molecule has 0 aliphatic carbocycles. The molecule has 6 nitrogen and oxygen atoms in total. The van der Waals surface area contributed by atoms with Crippen LogP contribution in [0.4, 0.5) is 4.79 Å². The molecular formula is C18H19BrN4O2. The molecule has 25 heavy (non-hydrogen) atoms. The van der Waals surface area contributed by atoms with E-state index in [9.17, 15) is 4.79 Å². The van der Waals surface area contributed by atoms with Gasteiger partial charge in [0.2, 0.25) is 0 Å². The Kier molecular flexibility index (Phi) is 4.56. The van der Waals surface area contributed by atoms with Crippen molar-refractivity contribution in [2.75, 3.05) is 13.1 Å². The molecule has 2 aromatic rings. The van der Waals surface area contributed by atoms with E-state index in [0.717, 1.165) is 15.6 Å². The van der Waals surface area contributed by atoms with Gasteiger partial charge < -0.3 is 9.64 Å². The first-order valence-electron chi connectivity index (χ1n) is 7.98. The number of nitriles is 1. The van der Waals surface area contributed by atoms with Gasteiger partial charge >= 0.3 is 6.09 Å². The van der Waals surface area contributed by atoms with Crippen LogP contribution >= 0.6 is 15.9 Å². The van der Waals surface area contributed by atoms with Gasteiger partial charge in [0.25, 0.3) is 0 Å². The zero-order valence-electron chi connectivity index (χ0n) is 14.4. The normalized spacial score (nSPS) is 14.8. The van der Waals surface area contributed by atoms with E-state index in [1.54, 1.807) is 17.2 Å². The summed E-state index contributed by atoms with van der Waals surface area (Å²) in [7, 11) is 0. The van der Waals surface area contributed by atoms with Crippen LogP contribution in [0.1, 0.15) is 32.4 Å². The van der Waals surface area contributed by atoms with Crippen molar-refractivity contribution < 1.29 is 9.53 Å². The number of ether oxygens (including phenoxy) is 1. The number of amides is 1. The Balaban J connectivity index is 1.67. The van der Waals surface area contributed by atoms with E-state index >= 15 is 0 Å². The van der Waals surface area contributed by atoms with Crippen molar-refractivity contribution in [3.8, 4) is 17.2 Å². The van der Waals surface area contributed by atoms with E-state index in [1.165, 1.54) is 0 Å². The number of carbonyl (C=O) groups excluding carboxylic acids is 1. The van der Waals surface area contributed by atoms with Crippen molar-refractivity contribution in [3.05, 3.63) is 40.6 Å². The molecule has 1 aliphatic heterocycles. The largest absolute Gasteiger partial charge is 0.444 e. The van der Waals surface area contributed by atoms with Gasteiger partial charge in [-0.2, -0.15) is 10.4 Å². The minimum Gasteiger partial charge on any atom is -0.444 e. The molecule has 0 atom stereocenters. The van der Waals surface area contributed by atoms with Crippen LogP contribution in [0.3, 0.4) is 0 Å². The summed E-state index contributed by atoms with van der Waals surface area (Å²) in [5.41, 5.74) is 1.98. The van der Waals surface area contributed by atoms with Gasteiger partial charge in [0.05, 0.1) is 23.9 Å². The van der Waals surface area contributed by atoms with Gasteiger partial charge in [0, 0.05) is 29.3 Å². The lowest BCUT2D eigenvalue weighted by atomic mass is 10.1. The summed E-state index contributed by atoms with van der Waals surface area (Å²) in [4.78, 5) is 13.7. The van der Waals surface area contributed by atoms with Crippen molar-refractivity contribution in [3.63, 3.8) is 0 Å². The first-order chi connectivity index (χ1) is 11.7. The lowest BCUT2D eigenvalue weighted by Gasteiger charge is -2.39. The summed E-state index contributed by atoms with van der Waals surface area (Å²) in [6.07, 6.45) is 3.43. The third-order valence-corrected chi connectivity index (χ3v) is 4.31. The third-order valence-electron chi connectivity index (χ3n) is 3.85. The fourth-order valence-corrected chi connectivity index (χ4v) is 3.10. The Bertz CT molecular complexity index is 841. The summed E-state index contributed by atoms with van der Waals surface area (Å²) in [6.45, 7) is 6.73. The standard InChI is InChI=1S/C18H19BrN4O2/c1-18(2,3)25-17(24)22-10-16(11-22)23-9-14(8-21-23)13-4-12(7-20)5-15(19)6-13/h4-6,8-9,16H,10-11H2,1-3H3. The molecule has 1 amide bonds. The highest BCUT2D eigenvalue weighted by Crippen LogP contribution is 2.28. The average molecular weight is 403 g/mol. The summed E-state index contributed by atoms with van der Waals surface area (Å²) in [6, 6.07) is 7.86. The molecule has 0 unspecified atom stereocenters. The van der Waals surface area contributed by atoms with E-state index < -0.39 is 5.60 Å². The highest BCUT2D eigenvalue weighted by atomic mass is 79.9. The van der Waals surface area contributed by atoms with Crippen molar-refractivity contribution in [1.82, 2.24) is 14.7 Å². The number of halogens is 1. The maximum Gasteiger partial charge on any atom is 0.410 e. The molecule has 0 saturated carbocycles. The van der Waals surface area contributed by atoms with E-state index in [2.05, 4.69) is 27.1 Å². The second-order valence-corrected chi connectivity index (χ2v) is 8.00. The van der Waals surface area contributed by atoms with Crippen LogP contribution in [-0.4, -0.2) is 39.5 Å². The number of benzene rings is 1. The molecule has 1 fully saturated rings. The Morgan fingerprint density at radius 1 is 1.32 bits per heavy atom. The van der Waals surface area contributed by atoms with Crippen molar-refractivity contribution >= 4 is 22.0 Å². The quantitative estimate of drug-likeness (QED) is 0.761. The molecule has 130 valence electrons. The van der Waals surface area contributed by atoms with Crippen LogP contribution in [0.2, 0.25) is 0 Å². The van der Waals surface area contributed by atoms with E-state index in [1.807, 2.05) is 43.8 Å². The van der Waals surface area contributed by atoms with Crippen molar-refractivity contribution in [2.24, 2.45) is 0 Å². The Morgan fingerprint density at radius 3 is 2.68 bits per heavy atom. The highest BCUT2D eigenvalue weighted by molar-refractivity contribution is 9.10. The predicted molar refractivity (Wildman–Crippen MR) is 96.9 cm³/mol. The highest BCUT2D eigenvalue weighted by Gasteiger charge is 2.35. The molecule has 0 N–H and O–H groups in total. The number of nitrogens with zero attached hydrogens (tertiary/aromatic N) is 4. The van der Waals surface area contributed by atoms with Gasteiger partial charge in [-0.15, -0.1) is 0 Å². The van der Waals surface area contributed by atoms with Gasteiger partial charge in [0.15, 0.2) is 0 Å². The monoisotopic (exact) mass is 402 g/mol. The van der Waals surface area contributed by atoms with Gasteiger partial charge in [-0.1, -0.05) is 15.9 Å². The van der Waals surface area contributed by atoms with Crippen LogP contribution in [0.15, 0.2) is 35.1 Å². The number of carbonyl (C=O) groups is 1. The maximum atomic E-state index is 12.0. The molecule has 3 rings (SSSR count). The molecule has 1 aliphatic rings. The van der Waals surface area contributed by atoms with Crippen LogP contribution in [0, 0.1) is 11.3 Å². The SMILES string of the molecule is CC(C)(C)OC(=O)N1CC(n2cc(-c3cc(Br)cc(C#N)c3)cn2)C1. The Hall–Kier alpha value is -2.33. The number of rotatable bonds is 2. The smallest absolute Gasteiger partial charge is 0.410 e. The second kappa shape index (κ2) is 6.52. The van der Waals surface area contributed by atoms with E-state index in [-0.39, 0.29) is 12.1 Å². The van der Waals surface area contributed by atoms with Gasteiger partial charge in [0.1, 0.15) is 5.60 Å². The fraction of sp³-hybridized carbons (Fsp3) is 0.389. The fourth-order valence-electron chi connectivity index (χ4n) is 2.61. The Labute approximate surface area is 155 Å². The first-order valence-corrected chi connectivity index (χ1v) is 8.77. The van der Waals surface area contributed by atoms with Gasteiger partial charge in [-0.05, 0) is 44.5 Å². The lowest BCUT2D eigenvalue weighted by molar-refractivity contribution is -0.000380. The number of aromatic nitrogens is 2. The predicted octanol–water partition coefficient (Wildman–Crippen LogP) is 3.98. The molecule has 0 spiro atoms. The van der Waals surface area contributed by atoms with E-state index in [4.69, 9.17) is 10.00 Å². The average Bonchev–Trinajstić information content (AvgIpc) is 2.92. The van der Waals surface area contributed by atoms with Crippen LogP contribution in [0.5, 0.6) is 0 Å². The summed E-state index contributed by atoms with van der Waals surface area (Å²) < 4.78 is 8.08. The molecule has 1 aromatic carbocycles. The zero-order valence-corrected chi connectivity index (χ0v) is 15.9. The van der Waals surface area contributed by atoms with Gasteiger partial charge in [-0.3, -0.25) is 4.68 Å². The van der Waals surface area contributed by atoms with Gasteiger partial charge in [-0.25, -0.2) is 4.79 Å².